The van der Waals surface area contributed by atoms with Crippen LogP contribution in [0.1, 0.15) is 58.9 Å². The van der Waals surface area contributed by atoms with Gasteiger partial charge in [0.15, 0.2) is 0 Å². The molecule has 1 aliphatic rings. The van der Waals surface area contributed by atoms with Gasteiger partial charge in [-0.25, -0.2) is 4.79 Å². The number of rotatable bonds is 5. The Morgan fingerprint density at radius 1 is 1.19 bits per heavy atom. The van der Waals surface area contributed by atoms with Crippen LogP contribution in [0.3, 0.4) is 0 Å². The van der Waals surface area contributed by atoms with Gasteiger partial charge in [0.2, 0.25) is 0 Å². The van der Waals surface area contributed by atoms with Crippen LogP contribution in [0.4, 0.5) is 5.69 Å². The molecular formula is C22H22N2O2. The van der Waals surface area contributed by atoms with Crippen molar-refractivity contribution in [1.82, 2.24) is 4.98 Å². The zero-order valence-electron chi connectivity index (χ0n) is 15.0. The third-order valence-corrected chi connectivity index (χ3v) is 5.00. The maximum absolute atomic E-state index is 11.5. The summed E-state index contributed by atoms with van der Waals surface area (Å²) in [6.07, 6.45) is 2.47. The molecule has 1 saturated carbocycles. The summed E-state index contributed by atoms with van der Waals surface area (Å²) < 4.78 is 0. The molecule has 1 aromatic heterocycles. The van der Waals surface area contributed by atoms with Gasteiger partial charge in [0.1, 0.15) is 0 Å². The first-order chi connectivity index (χ1) is 12.5. The van der Waals surface area contributed by atoms with Gasteiger partial charge in [0.05, 0.1) is 11.1 Å². The smallest absolute Gasteiger partial charge is 0.337 e. The minimum Gasteiger partial charge on any atom is -0.478 e. The van der Waals surface area contributed by atoms with Crippen LogP contribution < -0.4 is 5.32 Å². The summed E-state index contributed by atoms with van der Waals surface area (Å²) in [6.45, 7) is 4.13. The van der Waals surface area contributed by atoms with Crippen molar-refractivity contribution in [3.05, 3.63) is 70.9 Å². The molecule has 4 nitrogen and oxygen atoms in total. The van der Waals surface area contributed by atoms with E-state index < -0.39 is 5.97 Å². The van der Waals surface area contributed by atoms with E-state index in [9.17, 15) is 9.90 Å². The van der Waals surface area contributed by atoms with Gasteiger partial charge >= 0.3 is 5.97 Å². The van der Waals surface area contributed by atoms with Crippen LogP contribution >= 0.6 is 0 Å². The fraction of sp³-hybridized carbons (Fsp3) is 0.273. The Morgan fingerprint density at radius 2 is 1.96 bits per heavy atom. The number of aryl methyl sites for hydroxylation is 1. The van der Waals surface area contributed by atoms with Crippen molar-refractivity contribution in [3.8, 4) is 0 Å². The number of carboxylic acids is 1. The summed E-state index contributed by atoms with van der Waals surface area (Å²) in [5.74, 6) is -0.300. The van der Waals surface area contributed by atoms with Crippen LogP contribution in [0.15, 0.2) is 48.5 Å². The lowest BCUT2D eigenvalue weighted by atomic mass is 9.98. The highest BCUT2D eigenvalue weighted by Gasteiger charge is 2.25. The van der Waals surface area contributed by atoms with Gasteiger partial charge in [-0.15, -0.1) is 0 Å². The maximum atomic E-state index is 11.5. The van der Waals surface area contributed by atoms with E-state index in [0.717, 1.165) is 22.0 Å². The van der Waals surface area contributed by atoms with Crippen LogP contribution in [0, 0.1) is 6.92 Å². The molecule has 0 amide bonds. The number of carboxylic acid groups (broad SMARTS) is 1. The number of para-hydroxylation sites is 1. The number of nitrogens with zero attached hydrogens (tertiary/aromatic N) is 1. The summed E-state index contributed by atoms with van der Waals surface area (Å²) in [5.41, 5.74) is 5.41. The largest absolute Gasteiger partial charge is 0.478 e. The molecule has 1 aliphatic carbocycles. The molecule has 132 valence electrons. The predicted molar refractivity (Wildman–Crippen MR) is 104 cm³/mol. The van der Waals surface area contributed by atoms with Gasteiger partial charge in [-0.05, 0) is 62.1 Å². The number of benzene rings is 2. The van der Waals surface area contributed by atoms with Gasteiger partial charge in [0.25, 0.3) is 0 Å². The number of fused-ring (bicyclic) bond motifs is 1. The second-order valence-electron chi connectivity index (χ2n) is 7.15. The first-order valence-corrected chi connectivity index (χ1v) is 9.03. The average Bonchev–Trinajstić information content (AvgIpc) is 3.45. The predicted octanol–water partition coefficient (Wildman–Crippen LogP) is 5.29. The molecule has 0 spiro atoms. The second kappa shape index (κ2) is 6.45. The van der Waals surface area contributed by atoms with Gasteiger partial charge in [0, 0.05) is 28.7 Å². The number of pyridine rings is 1. The van der Waals surface area contributed by atoms with Crippen LogP contribution in [0.2, 0.25) is 0 Å². The monoisotopic (exact) mass is 346 g/mol. The Balaban J connectivity index is 1.72. The number of nitrogens with one attached hydrogen (secondary N) is 1. The van der Waals surface area contributed by atoms with Crippen LogP contribution in [-0.4, -0.2) is 16.1 Å². The Kier molecular flexibility index (Phi) is 4.11. The minimum atomic E-state index is -0.926. The Labute approximate surface area is 152 Å². The van der Waals surface area contributed by atoms with Crippen molar-refractivity contribution in [1.29, 1.82) is 0 Å². The summed E-state index contributed by atoms with van der Waals surface area (Å²) in [6, 6.07) is 15.6. The molecule has 2 aromatic carbocycles. The van der Waals surface area contributed by atoms with Crippen molar-refractivity contribution in [2.45, 2.75) is 38.6 Å². The molecule has 26 heavy (non-hydrogen) atoms. The number of hydrogen-bond acceptors (Lipinski definition) is 3. The molecule has 4 heteroatoms. The first kappa shape index (κ1) is 16.6. The van der Waals surface area contributed by atoms with Crippen molar-refractivity contribution in [3.63, 3.8) is 0 Å². The zero-order chi connectivity index (χ0) is 18.3. The van der Waals surface area contributed by atoms with Crippen molar-refractivity contribution >= 4 is 22.6 Å². The summed E-state index contributed by atoms with van der Waals surface area (Å²) in [7, 11) is 0. The standard InChI is InChI=1S/C22H22N2O2/c1-13-11-18(14(2)23-20-6-4-3-5-17(20)22(25)26)16-9-10-19(15-7-8-15)24-21(16)12-13/h3-6,9-12,14-15,23H,7-8H2,1-2H3,(H,25,26). The molecule has 0 radical (unpaired) electrons. The van der Waals surface area contributed by atoms with Gasteiger partial charge in [-0.3, -0.25) is 4.98 Å². The van der Waals surface area contributed by atoms with Gasteiger partial charge < -0.3 is 10.4 Å². The fourth-order valence-corrected chi connectivity index (χ4v) is 3.50. The van der Waals surface area contributed by atoms with Crippen molar-refractivity contribution in [2.75, 3.05) is 5.32 Å². The average molecular weight is 346 g/mol. The number of anilines is 1. The number of carbonyl (C=O) groups is 1. The lowest BCUT2D eigenvalue weighted by Gasteiger charge is -2.20. The third kappa shape index (κ3) is 3.15. The van der Waals surface area contributed by atoms with E-state index in [0.29, 0.717) is 11.6 Å². The highest BCUT2D eigenvalue weighted by Crippen LogP contribution is 2.40. The van der Waals surface area contributed by atoms with Crippen LogP contribution in [0.5, 0.6) is 0 Å². The Morgan fingerprint density at radius 3 is 2.69 bits per heavy atom. The molecule has 4 rings (SSSR count). The topological polar surface area (TPSA) is 62.2 Å². The first-order valence-electron chi connectivity index (χ1n) is 9.03. The fourth-order valence-electron chi connectivity index (χ4n) is 3.50. The second-order valence-corrected chi connectivity index (χ2v) is 7.15. The molecule has 2 N–H and O–H groups in total. The molecule has 3 aromatic rings. The summed E-state index contributed by atoms with van der Waals surface area (Å²) >= 11 is 0. The van der Waals surface area contributed by atoms with E-state index in [1.54, 1.807) is 18.2 Å². The van der Waals surface area contributed by atoms with Crippen LogP contribution in [0.25, 0.3) is 10.9 Å². The van der Waals surface area contributed by atoms with Gasteiger partial charge in [-0.1, -0.05) is 24.3 Å². The molecule has 0 bridgehead atoms. The van der Waals surface area contributed by atoms with E-state index >= 15 is 0 Å². The molecule has 1 heterocycles. The maximum Gasteiger partial charge on any atom is 0.337 e. The summed E-state index contributed by atoms with van der Waals surface area (Å²) in [5, 5.41) is 13.9. The lowest BCUT2D eigenvalue weighted by Crippen LogP contribution is -2.11. The molecule has 1 atom stereocenters. The Bertz CT molecular complexity index is 993. The highest BCUT2D eigenvalue weighted by molar-refractivity contribution is 5.94. The zero-order valence-corrected chi connectivity index (χ0v) is 15.0. The number of hydrogen-bond donors (Lipinski definition) is 2. The lowest BCUT2D eigenvalue weighted by molar-refractivity contribution is 0.0698. The molecule has 0 saturated heterocycles. The molecule has 1 fully saturated rings. The SMILES string of the molecule is Cc1cc(C(C)Nc2ccccc2C(=O)O)c2ccc(C3CC3)nc2c1. The van der Waals surface area contributed by atoms with Crippen molar-refractivity contribution in [2.24, 2.45) is 0 Å². The molecule has 0 aliphatic heterocycles. The van der Waals surface area contributed by atoms with E-state index in [1.807, 2.05) is 6.07 Å². The van der Waals surface area contributed by atoms with Gasteiger partial charge in [-0.2, -0.15) is 0 Å². The number of aromatic carboxylic acids is 1. The van der Waals surface area contributed by atoms with E-state index in [4.69, 9.17) is 4.98 Å². The normalized spacial score (nSPS) is 15.0. The highest BCUT2D eigenvalue weighted by atomic mass is 16.4. The molecular weight excluding hydrogens is 324 g/mol. The quantitative estimate of drug-likeness (QED) is 0.659. The van der Waals surface area contributed by atoms with Crippen LogP contribution in [-0.2, 0) is 0 Å². The summed E-state index contributed by atoms with van der Waals surface area (Å²) in [4.78, 5) is 16.3. The Hall–Kier alpha value is -2.88. The minimum absolute atomic E-state index is 0.0357. The number of aromatic nitrogens is 1. The van der Waals surface area contributed by atoms with E-state index in [2.05, 4.69) is 43.4 Å². The third-order valence-electron chi connectivity index (χ3n) is 5.00. The van der Waals surface area contributed by atoms with E-state index in [-0.39, 0.29) is 11.6 Å². The molecule has 1 unspecified atom stereocenters. The van der Waals surface area contributed by atoms with Crippen molar-refractivity contribution < 1.29 is 9.90 Å². The van der Waals surface area contributed by atoms with E-state index in [1.165, 1.54) is 18.5 Å².